The summed E-state index contributed by atoms with van der Waals surface area (Å²) in [6.07, 6.45) is 0. The number of rotatable bonds is 5. The lowest BCUT2D eigenvalue weighted by Gasteiger charge is -2.04. The van der Waals surface area contributed by atoms with E-state index >= 15 is 0 Å². The van der Waals surface area contributed by atoms with Gasteiger partial charge >= 0.3 is 0 Å². The molecule has 2 aromatic carbocycles. The second kappa shape index (κ2) is 6.12. The normalized spacial score (nSPS) is 13.1. The molecule has 0 aliphatic carbocycles. The van der Waals surface area contributed by atoms with Crippen molar-refractivity contribution in [2.24, 2.45) is 0 Å². The van der Waals surface area contributed by atoms with Gasteiger partial charge in [0, 0.05) is 10.6 Å². The van der Waals surface area contributed by atoms with E-state index in [0.29, 0.717) is 4.90 Å². The van der Waals surface area contributed by atoms with Gasteiger partial charge in [0.1, 0.15) is 0 Å². The first-order valence-corrected chi connectivity index (χ1v) is 8.78. The first-order chi connectivity index (χ1) is 9.09. The van der Waals surface area contributed by atoms with Crippen LogP contribution in [-0.2, 0) is 20.6 Å². The lowest BCUT2D eigenvalue weighted by atomic mass is 10.4. The van der Waals surface area contributed by atoms with Crippen LogP contribution in [0.2, 0.25) is 0 Å². The molecular formula is C14H14O3S2. The van der Waals surface area contributed by atoms with Crippen LogP contribution in [0.1, 0.15) is 0 Å². The SMILES string of the molecule is O=S(CCS(=O)(=O)c1ccccc1)c1ccccc1. The third-order valence-corrected chi connectivity index (χ3v) is 6.01. The van der Waals surface area contributed by atoms with Crippen LogP contribution in [0.4, 0.5) is 0 Å². The van der Waals surface area contributed by atoms with Crippen LogP contribution in [0.5, 0.6) is 0 Å². The third kappa shape index (κ3) is 3.75. The molecule has 1 unspecified atom stereocenters. The minimum atomic E-state index is -3.36. The van der Waals surface area contributed by atoms with Crippen molar-refractivity contribution in [3.05, 3.63) is 60.7 Å². The first-order valence-electron chi connectivity index (χ1n) is 5.81. The summed E-state index contributed by atoms with van der Waals surface area (Å²) in [4.78, 5) is 0.936. The molecular weight excluding hydrogens is 280 g/mol. The molecule has 100 valence electrons. The van der Waals surface area contributed by atoms with Crippen LogP contribution >= 0.6 is 0 Å². The summed E-state index contributed by atoms with van der Waals surface area (Å²) in [5.74, 6) is -0.000238. The second-order valence-corrected chi connectivity index (χ2v) is 7.67. The maximum Gasteiger partial charge on any atom is 0.179 e. The third-order valence-electron chi connectivity index (χ3n) is 2.65. The Bertz CT molecular complexity index is 650. The molecule has 0 aliphatic heterocycles. The lowest BCUT2D eigenvalue weighted by Crippen LogP contribution is -2.13. The monoisotopic (exact) mass is 294 g/mol. The van der Waals surface area contributed by atoms with Crippen molar-refractivity contribution in [3.63, 3.8) is 0 Å². The molecule has 0 heterocycles. The molecule has 0 saturated heterocycles. The Morgan fingerprint density at radius 3 is 1.95 bits per heavy atom. The Labute approximate surface area is 115 Å². The standard InChI is InChI=1S/C14H14O3S2/c15-18(13-7-3-1-4-8-13)11-12-19(16,17)14-9-5-2-6-10-14/h1-10H,11-12H2. The zero-order valence-electron chi connectivity index (χ0n) is 10.2. The van der Waals surface area contributed by atoms with E-state index in [9.17, 15) is 12.6 Å². The predicted molar refractivity (Wildman–Crippen MR) is 76.2 cm³/mol. The van der Waals surface area contributed by atoms with E-state index in [1.54, 1.807) is 54.6 Å². The van der Waals surface area contributed by atoms with Crippen LogP contribution in [0.3, 0.4) is 0 Å². The molecule has 0 aliphatic rings. The summed E-state index contributed by atoms with van der Waals surface area (Å²) in [5.41, 5.74) is 0. The fourth-order valence-corrected chi connectivity index (χ4v) is 4.61. The van der Waals surface area contributed by atoms with Crippen molar-refractivity contribution in [2.45, 2.75) is 9.79 Å². The first kappa shape index (κ1) is 14.0. The van der Waals surface area contributed by atoms with Gasteiger partial charge in [-0.1, -0.05) is 36.4 Å². The van der Waals surface area contributed by atoms with Crippen LogP contribution < -0.4 is 0 Å². The molecule has 19 heavy (non-hydrogen) atoms. The average Bonchev–Trinajstić information content (AvgIpc) is 2.47. The van der Waals surface area contributed by atoms with Crippen LogP contribution in [0, 0.1) is 0 Å². The lowest BCUT2D eigenvalue weighted by molar-refractivity contribution is 0.597. The number of hydrogen-bond donors (Lipinski definition) is 0. The molecule has 0 bridgehead atoms. The Kier molecular flexibility index (Phi) is 4.50. The molecule has 0 radical (unpaired) electrons. The minimum Gasteiger partial charge on any atom is -0.254 e. The Morgan fingerprint density at radius 2 is 1.37 bits per heavy atom. The molecule has 0 aromatic heterocycles. The molecule has 0 spiro atoms. The van der Waals surface area contributed by atoms with E-state index in [1.165, 1.54) is 0 Å². The Hall–Kier alpha value is -1.46. The highest BCUT2D eigenvalue weighted by atomic mass is 32.2. The van der Waals surface area contributed by atoms with Gasteiger partial charge in [0.05, 0.1) is 21.4 Å². The predicted octanol–water partition coefficient (Wildman–Crippen LogP) is 2.27. The van der Waals surface area contributed by atoms with Gasteiger partial charge in [0.25, 0.3) is 0 Å². The Morgan fingerprint density at radius 1 is 0.842 bits per heavy atom. The van der Waals surface area contributed by atoms with Crippen molar-refractivity contribution in [1.82, 2.24) is 0 Å². The van der Waals surface area contributed by atoms with E-state index in [2.05, 4.69) is 0 Å². The van der Waals surface area contributed by atoms with Crippen molar-refractivity contribution in [1.29, 1.82) is 0 Å². The number of sulfone groups is 1. The maximum absolute atomic E-state index is 12.0. The van der Waals surface area contributed by atoms with E-state index in [4.69, 9.17) is 0 Å². The van der Waals surface area contributed by atoms with Gasteiger partial charge in [0.2, 0.25) is 0 Å². The average molecular weight is 294 g/mol. The highest BCUT2D eigenvalue weighted by molar-refractivity contribution is 7.93. The number of hydrogen-bond acceptors (Lipinski definition) is 3. The molecule has 0 fully saturated rings. The van der Waals surface area contributed by atoms with E-state index in [0.717, 1.165) is 0 Å². The summed E-state index contributed by atoms with van der Waals surface area (Å²) in [6, 6.07) is 17.1. The zero-order valence-corrected chi connectivity index (χ0v) is 11.9. The zero-order chi connectivity index (χ0) is 13.7. The van der Waals surface area contributed by atoms with Crippen molar-refractivity contribution in [3.8, 4) is 0 Å². The summed E-state index contributed by atoms with van der Waals surface area (Å²) in [5, 5.41) is 0. The van der Waals surface area contributed by atoms with Gasteiger partial charge in [-0.3, -0.25) is 4.21 Å². The fourth-order valence-electron chi connectivity index (χ4n) is 1.62. The summed E-state index contributed by atoms with van der Waals surface area (Å²) in [6.45, 7) is 0. The second-order valence-electron chi connectivity index (χ2n) is 3.99. The molecule has 2 aromatic rings. The van der Waals surface area contributed by atoms with E-state index in [1.807, 2.05) is 6.07 Å². The summed E-state index contributed by atoms with van der Waals surface area (Å²) >= 11 is 0. The van der Waals surface area contributed by atoms with Crippen molar-refractivity contribution in [2.75, 3.05) is 11.5 Å². The largest absolute Gasteiger partial charge is 0.254 e. The highest BCUT2D eigenvalue weighted by Gasteiger charge is 2.15. The topological polar surface area (TPSA) is 51.2 Å². The van der Waals surface area contributed by atoms with Gasteiger partial charge in [-0.25, -0.2) is 8.42 Å². The molecule has 5 heteroatoms. The van der Waals surface area contributed by atoms with Gasteiger partial charge in [0.15, 0.2) is 9.84 Å². The Balaban J connectivity index is 2.05. The maximum atomic E-state index is 12.0. The molecule has 1 atom stereocenters. The van der Waals surface area contributed by atoms with Crippen LogP contribution in [0.15, 0.2) is 70.5 Å². The summed E-state index contributed by atoms with van der Waals surface area (Å²) in [7, 11) is -4.64. The quantitative estimate of drug-likeness (QED) is 0.850. The van der Waals surface area contributed by atoms with Crippen LogP contribution in [-0.4, -0.2) is 24.1 Å². The fraction of sp³-hybridized carbons (Fsp3) is 0.143. The van der Waals surface area contributed by atoms with E-state index < -0.39 is 20.6 Å². The minimum absolute atomic E-state index is 0.112. The van der Waals surface area contributed by atoms with E-state index in [-0.39, 0.29) is 16.4 Å². The molecule has 2 rings (SSSR count). The van der Waals surface area contributed by atoms with Gasteiger partial charge in [-0.2, -0.15) is 0 Å². The molecule has 0 N–H and O–H groups in total. The van der Waals surface area contributed by atoms with Gasteiger partial charge in [-0.15, -0.1) is 0 Å². The summed E-state index contributed by atoms with van der Waals surface area (Å²) < 4.78 is 36.0. The van der Waals surface area contributed by atoms with Crippen molar-refractivity contribution >= 4 is 20.6 Å². The molecule has 0 saturated carbocycles. The highest BCUT2D eigenvalue weighted by Crippen LogP contribution is 2.12. The van der Waals surface area contributed by atoms with Crippen LogP contribution in [0.25, 0.3) is 0 Å². The smallest absolute Gasteiger partial charge is 0.179 e. The molecule has 3 nitrogen and oxygen atoms in total. The molecule has 0 amide bonds. The van der Waals surface area contributed by atoms with Gasteiger partial charge < -0.3 is 0 Å². The number of benzene rings is 2. The van der Waals surface area contributed by atoms with Crippen molar-refractivity contribution < 1.29 is 12.6 Å². The van der Waals surface area contributed by atoms with Gasteiger partial charge in [-0.05, 0) is 24.3 Å².